The number of hydrogen-bond donors (Lipinski definition) is 2. The second-order valence-electron chi connectivity index (χ2n) is 5.54. The van der Waals surface area contributed by atoms with Crippen LogP contribution in [-0.2, 0) is 13.1 Å². The zero-order valence-electron chi connectivity index (χ0n) is 14.4. The van der Waals surface area contributed by atoms with E-state index >= 15 is 0 Å². The molecule has 0 aliphatic rings. The molecule has 2 aromatic carbocycles. The largest absolute Gasteiger partial charge is 0.497 e. The van der Waals surface area contributed by atoms with Crippen molar-refractivity contribution in [3.63, 3.8) is 0 Å². The van der Waals surface area contributed by atoms with Crippen molar-refractivity contribution in [2.75, 3.05) is 24.9 Å². The minimum absolute atomic E-state index is 0.617. The van der Waals surface area contributed by atoms with Crippen molar-refractivity contribution in [1.29, 1.82) is 0 Å². The Bertz CT molecular complexity index is 748. The average Bonchev–Trinajstić information content (AvgIpc) is 3.13. The molecule has 0 saturated heterocycles. The van der Waals surface area contributed by atoms with Gasteiger partial charge < -0.3 is 24.5 Å². The van der Waals surface area contributed by atoms with E-state index in [-0.39, 0.29) is 0 Å². The number of hydrogen-bond acceptors (Lipinski definition) is 5. The number of rotatable bonds is 8. The van der Waals surface area contributed by atoms with Crippen LogP contribution in [0.3, 0.4) is 0 Å². The van der Waals surface area contributed by atoms with Gasteiger partial charge >= 0.3 is 0 Å². The molecule has 0 bridgehead atoms. The Balaban J connectivity index is 1.53. The van der Waals surface area contributed by atoms with Crippen LogP contribution < -0.4 is 20.1 Å². The quantitative estimate of drug-likeness (QED) is 0.632. The Hall–Kier alpha value is -3.08. The predicted octanol–water partition coefficient (Wildman–Crippen LogP) is 4.52. The fraction of sp³-hybridized carbons (Fsp3) is 0.200. The zero-order valence-corrected chi connectivity index (χ0v) is 14.4. The molecule has 0 aliphatic heterocycles. The van der Waals surface area contributed by atoms with Crippen molar-refractivity contribution < 1.29 is 13.9 Å². The summed E-state index contributed by atoms with van der Waals surface area (Å²) >= 11 is 0. The summed E-state index contributed by atoms with van der Waals surface area (Å²) in [5.41, 5.74) is 1.98. The fourth-order valence-corrected chi connectivity index (χ4v) is 2.46. The molecule has 0 radical (unpaired) electrons. The van der Waals surface area contributed by atoms with E-state index in [0.29, 0.717) is 13.1 Å². The van der Waals surface area contributed by atoms with Gasteiger partial charge in [-0.05, 0) is 36.4 Å². The fourth-order valence-electron chi connectivity index (χ4n) is 2.46. The van der Waals surface area contributed by atoms with Crippen LogP contribution in [0.25, 0.3) is 0 Å². The molecular formula is C20H22N2O3. The minimum Gasteiger partial charge on any atom is -0.497 e. The molecule has 0 unspecified atom stereocenters. The normalized spacial score (nSPS) is 10.3. The molecule has 130 valence electrons. The van der Waals surface area contributed by atoms with Crippen LogP contribution >= 0.6 is 0 Å². The Morgan fingerprint density at radius 2 is 1.20 bits per heavy atom. The van der Waals surface area contributed by atoms with Crippen LogP contribution in [0.4, 0.5) is 11.4 Å². The summed E-state index contributed by atoms with van der Waals surface area (Å²) in [4.78, 5) is 0. The number of benzene rings is 2. The summed E-state index contributed by atoms with van der Waals surface area (Å²) in [6.07, 6.45) is 0. The highest BCUT2D eigenvalue weighted by Crippen LogP contribution is 2.20. The summed E-state index contributed by atoms with van der Waals surface area (Å²) in [5, 5.41) is 6.65. The lowest BCUT2D eigenvalue weighted by Crippen LogP contribution is -1.99. The zero-order chi connectivity index (χ0) is 17.5. The third-order valence-corrected chi connectivity index (χ3v) is 3.79. The first-order valence-electron chi connectivity index (χ1n) is 8.10. The predicted molar refractivity (Wildman–Crippen MR) is 99.3 cm³/mol. The lowest BCUT2D eigenvalue weighted by Gasteiger charge is -2.07. The van der Waals surface area contributed by atoms with E-state index < -0.39 is 0 Å². The maximum absolute atomic E-state index is 5.85. The number of nitrogens with one attached hydrogen (secondary N) is 2. The van der Waals surface area contributed by atoms with Crippen molar-refractivity contribution >= 4 is 11.4 Å². The van der Waals surface area contributed by atoms with Crippen LogP contribution in [-0.4, -0.2) is 14.2 Å². The van der Waals surface area contributed by atoms with Gasteiger partial charge in [-0.25, -0.2) is 0 Å². The Morgan fingerprint density at radius 3 is 1.64 bits per heavy atom. The van der Waals surface area contributed by atoms with Gasteiger partial charge in [0.15, 0.2) is 0 Å². The number of methoxy groups -OCH3 is 2. The maximum atomic E-state index is 5.85. The lowest BCUT2D eigenvalue weighted by atomic mass is 10.3. The molecule has 0 spiro atoms. The topological polar surface area (TPSA) is 55.7 Å². The van der Waals surface area contributed by atoms with Gasteiger partial charge in [-0.3, -0.25) is 0 Å². The molecule has 0 fully saturated rings. The van der Waals surface area contributed by atoms with E-state index in [4.69, 9.17) is 13.9 Å². The van der Waals surface area contributed by atoms with Crippen molar-refractivity contribution in [1.82, 2.24) is 0 Å². The smallest absolute Gasteiger partial charge is 0.123 e. The number of anilines is 2. The van der Waals surface area contributed by atoms with Gasteiger partial charge in [0.25, 0.3) is 0 Å². The van der Waals surface area contributed by atoms with Crippen LogP contribution in [0.15, 0.2) is 65.1 Å². The third-order valence-electron chi connectivity index (χ3n) is 3.79. The standard InChI is InChI=1S/C20H22N2O3/c1-23-17-7-3-5-15(11-17)21-13-19-9-10-20(25-19)14-22-16-6-4-8-18(12-16)24-2/h3-12,21-22H,13-14H2,1-2H3. The van der Waals surface area contributed by atoms with Crippen LogP contribution in [0.2, 0.25) is 0 Å². The summed E-state index contributed by atoms with van der Waals surface area (Å²) in [7, 11) is 3.32. The Kier molecular flexibility index (Phi) is 5.46. The van der Waals surface area contributed by atoms with Crippen molar-refractivity contribution in [2.45, 2.75) is 13.1 Å². The maximum Gasteiger partial charge on any atom is 0.123 e. The highest BCUT2D eigenvalue weighted by molar-refractivity contribution is 5.49. The Labute approximate surface area is 147 Å². The second kappa shape index (κ2) is 8.15. The molecule has 1 aromatic heterocycles. The molecule has 0 saturated carbocycles. The molecule has 5 heteroatoms. The molecule has 2 N–H and O–H groups in total. The molecule has 5 nitrogen and oxygen atoms in total. The number of ether oxygens (including phenoxy) is 2. The van der Waals surface area contributed by atoms with Gasteiger partial charge in [-0.2, -0.15) is 0 Å². The van der Waals surface area contributed by atoms with E-state index in [9.17, 15) is 0 Å². The first-order chi connectivity index (χ1) is 12.3. The number of furan rings is 1. The van der Waals surface area contributed by atoms with Gasteiger partial charge in [0.1, 0.15) is 23.0 Å². The minimum atomic E-state index is 0.617. The molecule has 0 atom stereocenters. The molecule has 3 rings (SSSR count). The van der Waals surface area contributed by atoms with Crippen LogP contribution in [0.5, 0.6) is 11.5 Å². The van der Waals surface area contributed by atoms with E-state index in [0.717, 1.165) is 34.4 Å². The highest BCUT2D eigenvalue weighted by atomic mass is 16.5. The highest BCUT2D eigenvalue weighted by Gasteiger charge is 2.03. The van der Waals surface area contributed by atoms with Crippen molar-refractivity contribution in [2.24, 2.45) is 0 Å². The van der Waals surface area contributed by atoms with E-state index in [1.165, 1.54) is 0 Å². The molecule has 0 aliphatic carbocycles. The van der Waals surface area contributed by atoms with Gasteiger partial charge in [-0.1, -0.05) is 12.1 Å². The Morgan fingerprint density at radius 1 is 0.720 bits per heavy atom. The SMILES string of the molecule is COc1cccc(NCc2ccc(CNc3cccc(OC)c3)o2)c1. The third kappa shape index (κ3) is 4.70. The van der Waals surface area contributed by atoms with Crippen molar-refractivity contribution in [3.05, 3.63) is 72.2 Å². The molecular weight excluding hydrogens is 316 g/mol. The van der Waals surface area contributed by atoms with E-state index in [1.807, 2.05) is 60.7 Å². The second-order valence-corrected chi connectivity index (χ2v) is 5.54. The van der Waals surface area contributed by atoms with Gasteiger partial charge in [0.05, 0.1) is 27.3 Å². The van der Waals surface area contributed by atoms with Gasteiger partial charge in [0, 0.05) is 23.5 Å². The molecule has 0 amide bonds. The molecule has 1 heterocycles. The van der Waals surface area contributed by atoms with Crippen LogP contribution in [0.1, 0.15) is 11.5 Å². The summed E-state index contributed by atoms with van der Waals surface area (Å²) in [6.45, 7) is 1.23. The lowest BCUT2D eigenvalue weighted by molar-refractivity contribution is 0.415. The molecule has 25 heavy (non-hydrogen) atoms. The first-order valence-corrected chi connectivity index (χ1v) is 8.10. The monoisotopic (exact) mass is 338 g/mol. The van der Waals surface area contributed by atoms with Gasteiger partial charge in [0.2, 0.25) is 0 Å². The van der Waals surface area contributed by atoms with Crippen molar-refractivity contribution in [3.8, 4) is 11.5 Å². The summed E-state index contributed by atoms with van der Waals surface area (Å²) in [6, 6.07) is 19.6. The van der Waals surface area contributed by atoms with E-state index in [1.54, 1.807) is 14.2 Å². The van der Waals surface area contributed by atoms with Crippen LogP contribution in [0, 0.1) is 0 Å². The van der Waals surface area contributed by atoms with Gasteiger partial charge in [-0.15, -0.1) is 0 Å². The first kappa shape index (κ1) is 16.8. The van der Waals surface area contributed by atoms with E-state index in [2.05, 4.69) is 10.6 Å². The summed E-state index contributed by atoms with van der Waals surface area (Å²) < 4.78 is 16.3. The molecule has 3 aromatic rings. The average molecular weight is 338 g/mol. The summed E-state index contributed by atoms with van der Waals surface area (Å²) in [5.74, 6) is 3.41.